The Morgan fingerprint density at radius 2 is 1.68 bits per heavy atom. The van der Waals surface area contributed by atoms with Gasteiger partial charge in [0.25, 0.3) is 5.91 Å². The van der Waals surface area contributed by atoms with Crippen molar-refractivity contribution in [3.63, 3.8) is 0 Å². The number of amides is 3. The number of benzene rings is 3. The molecule has 172 valence electrons. The molecule has 1 atom stereocenters. The van der Waals surface area contributed by atoms with E-state index in [1.807, 2.05) is 36.4 Å². The van der Waals surface area contributed by atoms with E-state index in [9.17, 15) is 22.8 Å². The summed E-state index contributed by atoms with van der Waals surface area (Å²) in [4.78, 5) is 27.1. The number of nitrogens with zero attached hydrogens (tertiary/aromatic N) is 5. The van der Waals surface area contributed by atoms with Crippen molar-refractivity contribution in [1.82, 2.24) is 30.4 Å². The normalized spacial score (nSPS) is 18.5. The highest BCUT2D eigenvalue weighted by Gasteiger charge is 2.49. The van der Waals surface area contributed by atoms with Crippen LogP contribution in [0.3, 0.4) is 0 Å². The van der Waals surface area contributed by atoms with Gasteiger partial charge < -0.3 is 5.32 Å². The lowest BCUT2D eigenvalue weighted by atomic mass is 9.90. The molecule has 34 heavy (non-hydrogen) atoms. The molecule has 0 aliphatic carbocycles. The second-order valence-electron chi connectivity index (χ2n) is 8.06. The predicted molar refractivity (Wildman–Crippen MR) is 115 cm³/mol. The first-order valence-corrected chi connectivity index (χ1v) is 10.2. The third kappa shape index (κ3) is 3.54. The third-order valence-corrected chi connectivity index (χ3v) is 5.87. The Balaban J connectivity index is 1.42. The molecular formula is C23H17F3N6O2. The molecular weight excluding hydrogens is 449 g/mol. The summed E-state index contributed by atoms with van der Waals surface area (Å²) >= 11 is 0. The van der Waals surface area contributed by atoms with Gasteiger partial charge in [-0.3, -0.25) is 9.69 Å². The second-order valence-corrected chi connectivity index (χ2v) is 8.06. The summed E-state index contributed by atoms with van der Waals surface area (Å²) in [5.41, 5.74) is -1.23. The average Bonchev–Trinajstić information content (AvgIpc) is 3.37. The van der Waals surface area contributed by atoms with Gasteiger partial charge in [0.05, 0.1) is 17.8 Å². The summed E-state index contributed by atoms with van der Waals surface area (Å²) in [7, 11) is 0. The van der Waals surface area contributed by atoms with Crippen molar-refractivity contribution in [2.45, 2.75) is 25.2 Å². The minimum absolute atomic E-state index is 0.117. The van der Waals surface area contributed by atoms with Crippen LogP contribution in [-0.4, -0.2) is 37.0 Å². The molecule has 1 N–H and O–H groups in total. The SMILES string of the molecule is CC1(c2ccc3ccccc3c2)NC(=O)N(Cc2nnnn2-c2ccc(C(F)(F)F)cc2)C1=O. The Morgan fingerprint density at radius 1 is 0.971 bits per heavy atom. The van der Waals surface area contributed by atoms with E-state index in [0.717, 1.165) is 27.8 Å². The summed E-state index contributed by atoms with van der Waals surface area (Å²) in [5, 5.41) is 15.9. The van der Waals surface area contributed by atoms with E-state index in [4.69, 9.17) is 0 Å². The van der Waals surface area contributed by atoms with E-state index in [0.29, 0.717) is 5.56 Å². The fourth-order valence-electron chi connectivity index (χ4n) is 3.97. The van der Waals surface area contributed by atoms with Crippen LogP contribution in [0.1, 0.15) is 23.9 Å². The highest BCUT2D eigenvalue weighted by atomic mass is 19.4. The summed E-state index contributed by atoms with van der Waals surface area (Å²) in [5.74, 6) is -0.374. The van der Waals surface area contributed by atoms with Gasteiger partial charge in [-0.1, -0.05) is 36.4 Å². The van der Waals surface area contributed by atoms with Crippen molar-refractivity contribution >= 4 is 22.7 Å². The van der Waals surface area contributed by atoms with Crippen molar-refractivity contribution in [1.29, 1.82) is 0 Å². The highest BCUT2D eigenvalue weighted by molar-refractivity contribution is 6.07. The largest absolute Gasteiger partial charge is 0.416 e. The molecule has 1 aromatic heterocycles. The minimum Gasteiger partial charge on any atom is -0.319 e. The second kappa shape index (κ2) is 7.65. The summed E-state index contributed by atoms with van der Waals surface area (Å²) < 4.78 is 39.8. The van der Waals surface area contributed by atoms with E-state index < -0.39 is 29.2 Å². The number of carbonyl (C=O) groups is 2. The topological polar surface area (TPSA) is 93.0 Å². The fourth-order valence-corrected chi connectivity index (χ4v) is 3.97. The first-order valence-electron chi connectivity index (χ1n) is 10.2. The van der Waals surface area contributed by atoms with Crippen molar-refractivity contribution in [2.24, 2.45) is 0 Å². The molecule has 3 aromatic carbocycles. The van der Waals surface area contributed by atoms with Crippen LogP contribution < -0.4 is 5.32 Å². The van der Waals surface area contributed by atoms with Gasteiger partial charge in [-0.05, 0) is 64.0 Å². The van der Waals surface area contributed by atoms with Crippen LogP contribution in [0, 0.1) is 0 Å². The van der Waals surface area contributed by atoms with Crippen molar-refractivity contribution in [3.8, 4) is 5.69 Å². The molecule has 0 radical (unpaired) electrons. The number of aromatic nitrogens is 4. The maximum atomic E-state index is 13.3. The first-order chi connectivity index (χ1) is 16.2. The highest BCUT2D eigenvalue weighted by Crippen LogP contribution is 2.32. The third-order valence-electron chi connectivity index (χ3n) is 5.87. The Kier molecular flexibility index (Phi) is 4.85. The number of carbonyl (C=O) groups excluding carboxylic acids is 2. The van der Waals surface area contributed by atoms with Crippen molar-refractivity contribution in [3.05, 3.63) is 83.7 Å². The zero-order chi connectivity index (χ0) is 24.1. The number of hydrogen-bond acceptors (Lipinski definition) is 5. The Bertz CT molecular complexity index is 1420. The number of fused-ring (bicyclic) bond motifs is 1. The summed E-state index contributed by atoms with van der Waals surface area (Å²) in [6.45, 7) is 1.36. The van der Waals surface area contributed by atoms with Crippen molar-refractivity contribution < 1.29 is 22.8 Å². The Morgan fingerprint density at radius 3 is 2.38 bits per heavy atom. The minimum atomic E-state index is -4.48. The zero-order valence-electron chi connectivity index (χ0n) is 17.7. The number of rotatable bonds is 4. The van der Waals surface area contributed by atoms with Gasteiger partial charge >= 0.3 is 12.2 Å². The van der Waals surface area contributed by atoms with Crippen LogP contribution >= 0.6 is 0 Å². The fraction of sp³-hybridized carbons (Fsp3) is 0.174. The molecule has 11 heteroatoms. The number of nitrogens with one attached hydrogen (secondary N) is 1. The molecule has 3 amide bonds. The molecule has 4 aromatic rings. The molecule has 0 spiro atoms. The number of imide groups is 1. The predicted octanol–water partition coefficient (Wildman–Crippen LogP) is 3.80. The van der Waals surface area contributed by atoms with Gasteiger partial charge in [0.15, 0.2) is 5.82 Å². The van der Waals surface area contributed by atoms with Gasteiger partial charge in [-0.15, -0.1) is 5.10 Å². The van der Waals surface area contributed by atoms with Crippen LogP contribution in [0.25, 0.3) is 16.5 Å². The van der Waals surface area contributed by atoms with Gasteiger partial charge in [0, 0.05) is 0 Å². The monoisotopic (exact) mass is 466 g/mol. The van der Waals surface area contributed by atoms with Crippen molar-refractivity contribution in [2.75, 3.05) is 0 Å². The van der Waals surface area contributed by atoms with Gasteiger partial charge in [0.2, 0.25) is 0 Å². The lowest BCUT2D eigenvalue weighted by Crippen LogP contribution is -2.40. The quantitative estimate of drug-likeness (QED) is 0.462. The average molecular weight is 466 g/mol. The molecule has 1 fully saturated rings. The number of hydrogen-bond donors (Lipinski definition) is 1. The lowest BCUT2D eigenvalue weighted by Gasteiger charge is -2.22. The number of alkyl halides is 3. The number of halogens is 3. The zero-order valence-corrected chi connectivity index (χ0v) is 17.7. The molecule has 1 aliphatic heterocycles. The molecule has 8 nitrogen and oxygen atoms in total. The standard InChI is InChI=1S/C23H17F3N6O2/c1-22(17-7-6-14-4-2-3-5-15(14)12-17)20(33)31(21(34)27-22)13-19-28-29-30-32(19)18-10-8-16(9-11-18)23(24,25)26/h2-12H,13H2,1H3,(H,27,34). The van der Waals surface area contributed by atoms with Crippen LogP contribution in [0.4, 0.5) is 18.0 Å². The maximum absolute atomic E-state index is 13.3. The number of urea groups is 1. The maximum Gasteiger partial charge on any atom is 0.416 e. The smallest absolute Gasteiger partial charge is 0.319 e. The molecule has 5 rings (SSSR count). The van der Waals surface area contributed by atoms with Crippen LogP contribution in [-0.2, 0) is 23.1 Å². The molecule has 0 saturated carbocycles. The molecule has 1 unspecified atom stereocenters. The Labute approximate surface area is 191 Å². The van der Waals surface area contributed by atoms with E-state index >= 15 is 0 Å². The van der Waals surface area contributed by atoms with Crippen LogP contribution in [0.15, 0.2) is 66.7 Å². The lowest BCUT2D eigenvalue weighted by molar-refractivity contribution is -0.137. The molecule has 2 heterocycles. The molecule has 1 aliphatic rings. The van der Waals surface area contributed by atoms with Gasteiger partial charge in [0.1, 0.15) is 5.54 Å². The van der Waals surface area contributed by atoms with Crippen LogP contribution in [0.2, 0.25) is 0 Å². The van der Waals surface area contributed by atoms with E-state index in [2.05, 4.69) is 20.8 Å². The molecule has 0 bridgehead atoms. The van der Waals surface area contributed by atoms with E-state index in [1.165, 1.54) is 16.8 Å². The van der Waals surface area contributed by atoms with E-state index in [1.54, 1.807) is 13.0 Å². The van der Waals surface area contributed by atoms with E-state index in [-0.39, 0.29) is 18.1 Å². The van der Waals surface area contributed by atoms with Crippen LogP contribution in [0.5, 0.6) is 0 Å². The van der Waals surface area contributed by atoms with Gasteiger partial charge in [-0.25, -0.2) is 4.79 Å². The Hall–Kier alpha value is -4.28. The number of tetrazole rings is 1. The molecule has 1 saturated heterocycles. The first kappa shape index (κ1) is 21.6. The summed E-state index contributed by atoms with van der Waals surface area (Å²) in [6.07, 6.45) is -4.48. The van der Waals surface area contributed by atoms with Gasteiger partial charge in [-0.2, -0.15) is 17.9 Å². The summed E-state index contributed by atoms with van der Waals surface area (Å²) in [6, 6.07) is 16.8.